The van der Waals surface area contributed by atoms with Crippen molar-refractivity contribution in [1.29, 1.82) is 0 Å². The highest BCUT2D eigenvalue weighted by Gasteiger charge is 2.31. The number of nitrogens with one attached hydrogen (secondary N) is 2. The highest BCUT2D eigenvalue weighted by Crippen LogP contribution is 2.29. The molecule has 1 fully saturated rings. The van der Waals surface area contributed by atoms with Gasteiger partial charge in [0.1, 0.15) is 5.76 Å². The topological polar surface area (TPSA) is 91.7 Å². The third-order valence-corrected chi connectivity index (χ3v) is 5.16. The second kappa shape index (κ2) is 9.07. The summed E-state index contributed by atoms with van der Waals surface area (Å²) in [5, 5.41) is 3.89. The van der Waals surface area contributed by atoms with Gasteiger partial charge in [0.2, 0.25) is 10.0 Å². The lowest BCUT2D eigenvalue weighted by atomic mass is 10.0. The van der Waals surface area contributed by atoms with Crippen LogP contribution in [0.4, 0.5) is 0 Å². The number of amides is 1. The Morgan fingerprint density at radius 1 is 1.33 bits per heavy atom. The second-order valence-electron chi connectivity index (χ2n) is 6.10. The first-order valence-electron chi connectivity index (χ1n) is 8.14. The van der Waals surface area contributed by atoms with Crippen molar-refractivity contribution in [2.75, 3.05) is 25.9 Å². The molecule has 0 saturated carbocycles. The van der Waals surface area contributed by atoms with E-state index in [2.05, 4.69) is 10.0 Å². The van der Waals surface area contributed by atoms with E-state index >= 15 is 0 Å². The van der Waals surface area contributed by atoms with Crippen LogP contribution in [0.3, 0.4) is 0 Å². The van der Waals surface area contributed by atoms with E-state index in [9.17, 15) is 13.2 Å². The summed E-state index contributed by atoms with van der Waals surface area (Å²) in [5.41, 5.74) is 0.875. The zero-order valence-electron chi connectivity index (χ0n) is 14.6. The van der Waals surface area contributed by atoms with Crippen molar-refractivity contribution in [3.63, 3.8) is 0 Å². The van der Waals surface area contributed by atoms with Crippen molar-refractivity contribution < 1.29 is 17.6 Å². The Balaban J connectivity index is 0.00000261. The van der Waals surface area contributed by atoms with Crippen molar-refractivity contribution in [1.82, 2.24) is 14.9 Å². The van der Waals surface area contributed by atoms with Crippen LogP contribution < -0.4 is 10.0 Å². The molecule has 1 aromatic carbocycles. The quantitative estimate of drug-likeness (QED) is 0.753. The third-order valence-electron chi connectivity index (χ3n) is 4.15. The number of sulfonamides is 1. The maximum Gasteiger partial charge on any atom is 0.290 e. The predicted octanol–water partition coefficient (Wildman–Crippen LogP) is 2.19. The Morgan fingerprint density at radius 2 is 2.07 bits per heavy atom. The summed E-state index contributed by atoms with van der Waals surface area (Å²) in [6, 6.07) is 10.4. The number of carbonyl (C=O) groups is 1. The Bertz CT molecular complexity index is 901. The smallest absolute Gasteiger partial charge is 0.290 e. The lowest BCUT2D eigenvalue weighted by Crippen LogP contribution is -2.48. The lowest BCUT2D eigenvalue weighted by Gasteiger charge is -2.36. The number of piperazine rings is 1. The van der Waals surface area contributed by atoms with Gasteiger partial charge in [0.15, 0.2) is 5.76 Å². The van der Waals surface area contributed by atoms with E-state index in [1.54, 1.807) is 23.1 Å². The first kappa shape index (κ1) is 21.7. The number of hydrogen-bond donors (Lipinski definition) is 2. The van der Waals surface area contributed by atoms with E-state index < -0.39 is 10.0 Å². The van der Waals surface area contributed by atoms with Crippen molar-refractivity contribution in [3.05, 3.63) is 58.5 Å². The number of halogens is 2. The number of nitrogens with zero attached hydrogens (tertiary/aromatic N) is 1. The molecule has 2 aromatic rings. The Kier molecular flexibility index (Phi) is 7.30. The van der Waals surface area contributed by atoms with Gasteiger partial charge < -0.3 is 14.6 Å². The van der Waals surface area contributed by atoms with Gasteiger partial charge in [-0.15, -0.1) is 12.4 Å². The summed E-state index contributed by atoms with van der Waals surface area (Å²) >= 11 is 6.31. The Labute approximate surface area is 169 Å². The van der Waals surface area contributed by atoms with Crippen LogP contribution in [-0.4, -0.2) is 45.1 Å². The molecule has 0 bridgehead atoms. The molecule has 0 spiro atoms. The van der Waals surface area contributed by atoms with Crippen LogP contribution in [0, 0.1) is 0 Å². The maximum atomic E-state index is 12.9. The van der Waals surface area contributed by atoms with Crippen molar-refractivity contribution in [2.45, 2.75) is 12.6 Å². The molecule has 1 saturated heterocycles. The fourth-order valence-corrected chi connectivity index (χ4v) is 3.57. The van der Waals surface area contributed by atoms with Crippen LogP contribution in [0.25, 0.3) is 0 Å². The minimum absolute atomic E-state index is 0. The molecule has 0 radical (unpaired) electrons. The highest BCUT2D eigenvalue weighted by molar-refractivity contribution is 7.88. The van der Waals surface area contributed by atoms with Gasteiger partial charge in [-0.25, -0.2) is 13.1 Å². The van der Waals surface area contributed by atoms with E-state index in [1.807, 2.05) is 18.2 Å². The van der Waals surface area contributed by atoms with Crippen LogP contribution in [0.2, 0.25) is 5.02 Å². The molecule has 27 heavy (non-hydrogen) atoms. The molecule has 3 rings (SSSR count). The molecular formula is C17H21Cl2N3O4S. The van der Waals surface area contributed by atoms with Crippen LogP contribution in [0.1, 0.15) is 27.9 Å². The number of carbonyl (C=O) groups excluding carboxylic acids is 1. The van der Waals surface area contributed by atoms with Gasteiger partial charge in [-0.05, 0) is 23.8 Å². The molecular weight excluding hydrogens is 413 g/mol. The van der Waals surface area contributed by atoms with E-state index in [0.717, 1.165) is 11.8 Å². The SMILES string of the molecule is CS(=O)(=O)NCc1ccc(C(=O)N2CCNCC2c2ccccc2Cl)o1.Cl. The minimum atomic E-state index is -3.33. The Morgan fingerprint density at radius 3 is 2.78 bits per heavy atom. The summed E-state index contributed by atoms with van der Waals surface area (Å²) in [5.74, 6) is 0.305. The zero-order valence-corrected chi connectivity index (χ0v) is 17.0. The van der Waals surface area contributed by atoms with Gasteiger partial charge in [-0.1, -0.05) is 29.8 Å². The maximum absolute atomic E-state index is 12.9. The second-order valence-corrected chi connectivity index (χ2v) is 8.34. The lowest BCUT2D eigenvalue weighted by molar-refractivity contribution is 0.0600. The molecule has 1 unspecified atom stereocenters. The van der Waals surface area contributed by atoms with E-state index in [-0.39, 0.29) is 36.7 Å². The molecule has 1 aromatic heterocycles. The predicted molar refractivity (Wildman–Crippen MR) is 106 cm³/mol. The van der Waals surface area contributed by atoms with Crippen molar-refractivity contribution >= 4 is 39.9 Å². The fourth-order valence-electron chi connectivity index (χ4n) is 2.90. The average Bonchev–Trinajstić information content (AvgIpc) is 3.08. The first-order valence-corrected chi connectivity index (χ1v) is 10.4. The van der Waals surface area contributed by atoms with Crippen LogP contribution >= 0.6 is 24.0 Å². The van der Waals surface area contributed by atoms with E-state index in [1.165, 1.54) is 0 Å². The summed E-state index contributed by atoms with van der Waals surface area (Å²) in [4.78, 5) is 14.7. The largest absolute Gasteiger partial charge is 0.455 e. The molecule has 0 aliphatic carbocycles. The molecule has 1 atom stereocenters. The summed E-state index contributed by atoms with van der Waals surface area (Å²) < 4.78 is 30.2. The monoisotopic (exact) mass is 433 g/mol. The van der Waals surface area contributed by atoms with Crippen molar-refractivity contribution in [2.24, 2.45) is 0 Å². The number of furan rings is 1. The molecule has 2 heterocycles. The molecule has 1 aliphatic heterocycles. The van der Waals surface area contributed by atoms with Crippen LogP contribution in [-0.2, 0) is 16.6 Å². The zero-order chi connectivity index (χ0) is 18.7. The van der Waals surface area contributed by atoms with Gasteiger partial charge in [-0.2, -0.15) is 0 Å². The van der Waals surface area contributed by atoms with Crippen molar-refractivity contribution in [3.8, 4) is 0 Å². The normalized spacial score (nSPS) is 17.4. The third kappa shape index (κ3) is 5.46. The fraction of sp³-hybridized carbons (Fsp3) is 0.353. The van der Waals surface area contributed by atoms with Gasteiger partial charge in [-0.3, -0.25) is 4.79 Å². The number of hydrogen-bond acceptors (Lipinski definition) is 5. The molecule has 2 N–H and O–H groups in total. The van der Waals surface area contributed by atoms with Gasteiger partial charge >= 0.3 is 0 Å². The van der Waals surface area contributed by atoms with Crippen LogP contribution in [0.5, 0.6) is 0 Å². The number of rotatable bonds is 5. The van der Waals surface area contributed by atoms with E-state index in [4.69, 9.17) is 16.0 Å². The standard InChI is InChI=1S/C17H20ClN3O4S.ClH/c1-26(23,24)20-10-12-6-7-16(25-12)17(22)21-9-8-19-11-15(21)13-4-2-3-5-14(13)18;/h2-7,15,19-20H,8-11H2,1H3;1H. The van der Waals surface area contributed by atoms with E-state index in [0.29, 0.717) is 30.4 Å². The number of benzene rings is 1. The summed E-state index contributed by atoms with van der Waals surface area (Å²) in [6.07, 6.45) is 1.07. The summed E-state index contributed by atoms with van der Waals surface area (Å²) in [7, 11) is -3.33. The highest BCUT2D eigenvalue weighted by atomic mass is 35.5. The van der Waals surface area contributed by atoms with Gasteiger partial charge in [0.25, 0.3) is 5.91 Å². The summed E-state index contributed by atoms with van der Waals surface area (Å²) in [6.45, 7) is 1.79. The molecule has 10 heteroatoms. The Hall–Kier alpha value is -1.58. The minimum Gasteiger partial charge on any atom is -0.455 e. The molecule has 7 nitrogen and oxygen atoms in total. The van der Waals surface area contributed by atoms with Gasteiger partial charge in [0, 0.05) is 24.7 Å². The average molecular weight is 434 g/mol. The van der Waals surface area contributed by atoms with Crippen LogP contribution in [0.15, 0.2) is 40.8 Å². The molecule has 1 aliphatic rings. The molecule has 1 amide bonds. The van der Waals surface area contributed by atoms with Gasteiger partial charge in [0.05, 0.1) is 18.8 Å². The molecule has 148 valence electrons. The first-order chi connectivity index (χ1) is 12.3.